The Kier molecular flexibility index (Phi) is 6.16. The van der Waals surface area contributed by atoms with Gasteiger partial charge in [0.25, 0.3) is 0 Å². The van der Waals surface area contributed by atoms with E-state index in [9.17, 15) is 9.59 Å². The monoisotopic (exact) mass is 298 g/mol. The van der Waals surface area contributed by atoms with Crippen molar-refractivity contribution < 1.29 is 14.3 Å². The Hall–Kier alpha value is -1.40. The van der Waals surface area contributed by atoms with E-state index in [-0.39, 0.29) is 17.9 Å². The highest BCUT2D eigenvalue weighted by atomic mass is 32.1. The highest BCUT2D eigenvalue weighted by Gasteiger charge is 2.24. The van der Waals surface area contributed by atoms with Gasteiger partial charge >= 0.3 is 5.97 Å². The number of carbonyl (C=O) groups excluding carboxylic acids is 2. The lowest BCUT2D eigenvalue weighted by molar-refractivity contribution is -0.117. The highest BCUT2D eigenvalue weighted by Crippen LogP contribution is 2.34. The lowest BCUT2D eigenvalue weighted by atomic mass is 10.1. The number of nitrogens with one attached hydrogen (secondary N) is 2. The Morgan fingerprint density at radius 3 is 2.50 bits per heavy atom. The first-order chi connectivity index (χ1) is 9.46. The first-order valence-corrected chi connectivity index (χ1v) is 7.55. The second kappa shape index (κ2) is 7.40. The second-order valence-electron chi connectivity index (χ2n) is 4.41. The van der Waals surface area contributed by atoms with E-state index >= 15 is 0 Å². The van der Waals surface area contributed by atoms with E-state index in [0.717, 1.165) is 16.9 Å². The van der Waals surface area contributed by atoms with Crippen LogP contribution in [0, 0.1) is 6.92 Å². The van der Waals surface area contributed by atoms with Gasteiger partial charge in [-0.05, 0) is 39.8 Å². The number of aryl methyl sites for hydroxylation is 1. The fourth-order valence-corrected chi connectivity index (χ4v) is 3.00. The molecule has 0 aliphatic heterocycles. The minimum absolute atomic E-state index is 0.165. The van der Waals surface area contributed by atoms with Crippen LogP contribution >= 0.6 is 11.3 Å². The Morgan fingerprint density at radius 1 is 1.35 bits per heavy atom. The van der Waals surface area contributed by atoms with E-state index in [2.05, 4.69) is 10.6 Å². The molecule has 0 saturated heterocycles. The van der Waals surface area contributed by atoms with E-state index < -0.39 is 0 Å². The lowest BCUT2D eigenvalue weighted by Gasteiger charge is -2.11. The molecule has 2 N–H and O–H groups in total. The standard InChI is InChI=1S/C14H22N2O3S/c1-6-10-9(4)20-13(11(10)14(18)19-7-2)16-12(17)8(3)15-5/h8,15H,6-7H2,1-5H3,(H,16,17). The van der Waals surface area contributed by atoms with Crippen molar-refractivity contribution in [3.63, 3.8) is 0 Å². The molecule has 0 aliphatic rings. The van der Waals surface area contributed by atoms with E-state index in [1.54, 1.807) is 20.9 Å². The fraction of sp³-hybridized carbons (Fsp3) is 0.571. The van der Waals surface area contributed by atoms with Crippen molar-refractivity contribution in [2.24, 2.45) is 0 Å². The minimum Gasteiger partial charge on any atom is -0.462 e. The summed E-state index contributed by atoms with van der Waals surface area (Å²) >= 11 is 1.42. The summed E-state index contributed by atoms with van der Waals surface area (Å²) in [5.41, 5.74) is 1.44. The molecule has 0 aliphatic carbocycles. The zero-order chi connectivity index (χ0) is 15.3. The summed E-state index contributed by atoms with van der Waals surface area (Å²) < 4.78 is 5.09. The number of hydrogen-bond donors (Lipinski definition) is 2. The van der Waals surface area contributed by atoms with Crippen molar-refractivity contribution in [2.45, 2.75) is 40.2 Å². The molecular formula is C14H22N2O3S. The van der Waals surface area contributed by atoms with Crippen molar-refractivity contribution in [2.75, 3.05) is 19.0 Å². The minimum atomic E-state index is -0.374. The molecule has 1 heterocycles. The fourth-order valence-electron chi connectivity index (χ4n) is 1.86. The third-order valence-corrected chi connectivity index (χ3v) is 4.17. The van der Waals surface area contributed by atoms with Crippen LogP contribution in [0.1, 0.15) is 41.6 Å². The summed E-state index contributed by atoms with van der Waals surface area (Å²) in [6.45, 7) is 7.78. The first kappa shape index (κ1) is 16.7. The molecule has 112 valence electrons. The Labute approximate surface area is 123 Å². The molecule has 0 radical (unpaired) electrons. The number of ether oxygens (including phenoxy) is 1. The van der Waals surface area contributed by atoms with Crippen molar-refractivity contribution >= 4 is 28.2 Å². The Bertz CT molecular complexity index is 497. The van der Waals surface area contributed by atoms with E-state index in [1.165, 1.54) is 11.3 Å². The van der Waals surface area contributed by atoms with Gasteiger partial charge in [-0.1, -0.05) is 6.92 Å². The van der Waals surface area contributed by atoms with E-state index in [4.69, 9.17) is 4.74 Å². The second-order valence-corrected chi connectivity index (χ2v) is 5.64. The smallest absolute Gasteiger partial charge is 0.341 e. The van der Waals surface area contributed by atoms with Crippen LogP contribution in [0.25, 0.3) is 0 Å². The number of likely N-dealkylation sites (N-methyl/N-ethyl adjacent to an activating group) is 1. The normalized spacial score (nSPS) is 12.1. The molecule has 1 amide bonds. The van der Waals surface area contributed by atoms with Gasteiger partial charge in [-0.15, -0.1) is 11.3 Å². The van der Waals surface area contributed by atoms with Gasteiger partial charge in [0.2, 0.25) is 5.91 Å². The summed E-state index contributed by atoms with van der Waals surface area (Å²) in [6, 6.07) is -0.322. The molecule has 6 heteroatoms. The third kappa shape index (κ3) is 3.58. The molecule has 1 rings (SSSR count). The van der Waals surface area contributed by atoms with Crippen LogP contribution < -0.4 is 10.6 Å². The average molecular weight is 298 g/mol. The maximum atomic E-state index is 12.1. The zero-order valence-corrected chi connectivity index (χ0v) is 13.4. The molecule has 20 heavy (non-hydrogen) atoms. The van der Waals surface area contributed by atoms with Crippen molar-refractivity contribution in [3.8, 4) is 0 Å². The summed E-state index contributed by atoms with van der Waals surface area (Å²) in [7, 11) is 1.72. The summed E-state index contributed by atoms with van der Waals surface area (Å²) in [5, 5.41) is 6.26. The number of thiophene rings is 1. The van der Waals surface area contributed by atoms with Crippen LogP contribution in [0.3, 0.4) is 0 Å². The van der Waals surface area contributed by atoms with Gasteiger partial charge in [-0.25, -0.2) is 4.79 Å². The number of hydrogen-bond acceptors (Lipinski definition) is 5. The van der Waals surface area contributed by atoms with Crippen molar-refractivity contribution in [1.29, 1.82) is 0 Å². The summed E-state index contributed by atoms with van der Waals surface area (Å²) in [5.74, 6) is -0.539. The summed E-state index contributed by atoms with van der Waals surface area (Å²) in [6.07, 6.45) is 0.730. The number of rotatable bonds is 6. The first-order valence-electron chi connectivity index (χ1n) is 6.73. The van der Waals surface area contributed by atoms with Gasteiger partial charge in [0.05, 0.1) is 18.2 Å². The number of amides is 1. The zero-order valence-electron chi connectivity index (χ0n) is 12.6. The van der Waals surface area contributed by atoms with Crippen LogP contribution in [0.15, 0.2) is 0 Å². The van der Waals surface area contributed by atoms with Gasteiger partial charge in [0.15, 0.2) is 0 Å². The highest BCUT2D eigenvalue weighted by molar-refractivity contribution is 7.16. The van der Waals surface area contributed by atoms with Gasteiger partial charge in [-0.2, -0.15) is 0 Å². The topological polar surface area (TPSA) is 67.4 Å². The molecule has 1 aromatic heterocycles. The summed E-state index contributed by atoms with van der Waals surface area (Å²) in [4.78, 5) is 25.1. The molecular weight excluding hydrogens is 276 g/mol. The van der Waals surface area contributed by atoms with Crippen molar-refractivity contribution in [3.05, 3.63) is 16.0 Å². The molecule has 1 atom stereocenters. The van der Waals surface area contributed by atoms with Gasteiger partial charge in [0.1, 0.15) is 5.00 Å². The molecule has 0 spiro atoms. The van der Waals surface area contributed by atoms with E-state index in [0.29, 0.717) is 17.2 Å². The van der Waals surface area contributed by atoms with Gasteiger partial charge in [0, 0.05) is 4.88 Å². The Morgan fingerprint density at radius 2 is 2.00 bits per heavy atom. The maximum Gasteiger partial charge on any atom is 0.341 e. The number of esters is 1. The number of anilines is 1. The van der Waals surface area contributed by atoms with Crippen LogP contribution in [0.2, 0.25) is 0 Å². The van der Waals surface area contributed by atoms with Crippen LogP contribution in [-0.2, 0) is 16.0 Å². The van der Waals surface area contributed by atoms with Crippen LogP contribution in [-0.4, -0.2) is 31.6 Å². The van der Waals surface area contributed by atoms with Gasteiger partial charge < -0.3 is 15.4 Å². The third-order valence-electron chi connectivity index (χ3n) is 3.11. The van der Waals surface area contributed by atoms with Crippen LogP contribution in [0.5, 0.6) is 0 Å². The molecule has 0 bridgehead atoms. The Balaban J connectivity index is 3.12. The predicted octanol–water partition coefficient (Wildman–Crippen LogP) is 2.34. The van der Waals surface area contributed by atoms with Crippen molar-refractivity contribution in [1.82, 2.24) is 5.32 Å². The maximum absolute atomic E-state index is 12.1. The largest absolute Gasteiger partial charge is 0.462 e. The van der Waals surface area contributed by atoms with Crippen LogP contribution in [0.4, 0.5) is 5.00 Å². The molecule has 0 fully saturated rings. The SMILES string of the molecule is CCOC(=O)c1c(NC(=O)C(C)NC)sc(C)c1CC. The molecule has 5 nitrogen and oxygen atoms in total. The molecule has 1 aromatic rings. The van der Waals surface area contributed by atoms with E-state index in [1.807, 2.05) is 13.8 Å². The average Bonchev–Trinajstić information content (AvgIpc) is 2.73. The lowest BCUT2D eigenvalue weighted by Crippen LogP contribution is -2.35. The number of carbonyl (C=O) groups is 2. The van der Waals surface area contributed by atoms with Gasteiger partial charge in [-0.3, -0.25) is 4.79 Å². The molecule has 1 unspecified atom stereocenters. The molecule has 0 aromatic carbocycles. The molecule has 0 saturated carbocycles. The predicted molar refractivity (Wildman–Crippen MR) is 81.5 cm³/mol. The quantitative estimate of drug-likeness (QED) is 0.791.